The second-order valence-electron chi connectivity index (χ2n) is 4.77. The van der Waals surface area contributed by atoms with Gasteiger partial charge in [0.05, 0.1) is 0 Å². The van der Waals surface area contributed by atoms with Gasteiger partial charge in [0.2, 0.25) is 0 Å². The number of rotatable bonds is 1. The van der Waals surface area contributed by atoms with E-state index in [0.29, 0.717) is 13.2 Å². The van der Waals surface area contributed by atoms with Crippen molar-refractivity contribution in [3.8, 4) is 0 Å². The lowest BCUT2D eigenvalue weighted by atomic mass is 9.97. The lowest BCUT2D eigenvalue weighted by molar-refractivity contribution is -0.141. The van der Waals surface area contributed by atoms with Gasteiger partial charge in [-0.25, -0.2) is 9.50 Å². The first-order chi connectivity index (χ1) is 9.45. The molecule has 0 unspecified atom stereocenters. The second kappa shape index (κ2) is 4.85. The Balaban J connectivity index is 2.06. The molecule has 0 radical (unpaired) electrons. The van der Waals surface area contributed by atoms with Crippen LogP contribution in [0.15, 0.2) is 12.1 Å². The SMILES string of the molecule is FC(F)(F)c1cc(=S)n2[nH]c(C3CCOCC3)cc2n1. The summed E-state index contributed by atoms with van der Waals surface area (Å²) in [5.41, 5.74) is 0.0950. The molecule has 2 aromatic rings. The van der Waals surface area contributed by atoms with Crippen LogP contribution in [0.25, 0.3) is 5.65 Å². The molecule has 1 aliphatic heterocycles. The van der Waals surface area contributed by atoms with E-state index in [9.17, 15) is 13.2 Å². The third-order valence-electron chi connectivity index (χ3n) is 3.42. The number of alkyl halides is 3. The fraction of sp³-hybridized carbons (Fsp3) is 0.500. The number of nitrogens with zero attached hydrogens (tertiary/aromatic N) is 2. The molecule has 1 fully saturated rings. The van der Waals surface area contributed by atoms with Gasteiger partial charge >= 0.3 is 6.18 Å². The lowest BCUT2D eigenvalue weighted by Crippen LogP contribution is -2.14. The van der Waals surface area contributed by atoms with Gasteiger partial charge in [0.15, 0.2) is 5.65 Å². The monoisotopic (exact) mass is 303 g/mol. The Bertz CT molecular complexity index is 685. The van der Waals surface area contributed by atoms with Crippen molar-refractivity contribution < 1.29 is 17.9 Å². The molecule has 20 heavy (non-hydrogen) atoms. The molecule has 4 nitrogen and oxygen atoms in total. The summed E-state index contributed by atoms with van der Waals surface area (Å²) in [5, 5.41) is 3.04. The van der Waals surface area contributed by atoms with Crippen molar-refractivity contribution in [3.63, 3.8) is 0 Å². The molecule has 3 rings (SSSR count). The zero-order valence-corrected chi connectivity index (χ0v) is 11.2. The molecule has 0 amide bonds. The molecule has 0 aliphatic carbocycles. The predicted octanol–water partition coefficient (Wildman–Crippen LogP) is 3.30. The number of hydrogen-bond donors (Lipinski definition) is 1. The Morgan fingerprint density at radius 2 is 2.00 bits per heavy atom. The normalized spacial score (nSPS) is 17.8. The fourth-order valence-corrected chi connectivity index (χ4v) is 2.62. The number of ether oxygens (including phenoxy) is 1. The minimum absolute atomic E-state index is 0.0700. The molecule has 3 heterocycles. The highest BCUT2D eigenvalue weighted by molar-refractivity contribution is 7.71. The summed E-state index contributed by atoms with van der Waals surface area (Å²) in [5.74, 6) is 0.245. The average Bonchev–Trinajstić information content (AvgIpc) is 2.83. The predicted molar refractivity (Wildman–Crippen MR) is 68.2 cm³/mol. The van der Waals surface area contributed by atoms with Gasteiger partial charge in [-0.05, 0) is 12.8 Å². The van der Waals surface area contributed by atoms with Gasteiger partial charge in [-0.3, -0.25) is 5.10 Å². The Hall–Kier alpha value is -1.41. The van der Waals surface area contributed by atoms with Gasteiger partial charge in [-0.1, -0.05) is 12.2 Å². The first-order valence-corrected chi connectivity index (χ1v) is 6.63. The molecule has 1 aliphatic rings. The van der Waals surface area contributed by atoms with E-state index in [2.05, 4.69) is 10.1 Å². The van der Waals surface area contributed by atoms with E-state index in [1.54, 1.807) is 6.07 Å². The number of nitrogens with one attached hydrogen (secondary N) is 1. The van der Waals surface area contributed by atoms with Gasteiger partial charge in [0.25, 0.3) is 0 Å². The lowest BCUT2D eigenvalue weighted by Gasteiger charge is -2.20. The van der Waals surface area contributed by atoms with Crippen LogP contribution in [-0.4, -0.2) is 27.8 Å². The first-order valence-electron chi connectivity index (χ1n) is 6.23. The van der Waals surface area contributed by atoms with E-state index in [4.69, 9.17) is 17.0 Å². The van der Waals surface area contributed by atoms with E-state index in [0.717, 1.165) is 24.6 Å². The summed E-state index contributed by atoms with van der Waals surface area (Å²) in [4.78, 5) is 3.63. The number of fused-ring (bicyclic) bond motifs is 1. The summed E-state index contributed by atoms with van der Waals surface area (Å²) >= 11 is 4.99. The maximum Gasteiger partial charge on any atom is 0.433 e. The molecule has 0 aromatic carbocycles. The number of H-pyrrole nitrogens is 1. The highest BCUT2D eigenvalue weighted by atomic mass is 32.1. The zero-order chi connectivity index (χ0) is 14.3. The summed E-state index contributed by atoms with van der Waals surface area (Å²) in [6.45, 7) is 1.32. The smallest absolute Gasteiger partial charge is 0.381 e. The number of aromatic nitrogens is 3. The maximum atomic E-state index is 12.7. The van der Waals surface area contributed by atoms with Crippen molar-refractivity contribution >= 4 is 17.9 Å². The Morgan fingerprint density at radius 1 is 1.30 bits per heavy atom. The molecule has 0 spiro atoms. The molecule has 1 saturated heterocycles. The van der Waals surface area contributed by atoms with Crippen LogP contribution in [-0.2, 0) is 10.9 Å². The van der Waals surface area contributed by atoms with Crippen LogP contribution in [0.1, 0.15) is 30.1 Å². The van der Waals surface area contributed by atoms with E-state index in [1.165, 1.54) is 4.52 Å². The molecule has 8 heteroatoms. The molecule has 1 N–H and O–H groups in total. The molecular weight excluding hydrogens is 291 g/mol. The average molecular weight is 303 g/mol. The topological polar surface area (TPSA) is 42.3 Å². The summed E-state index contributed by atoms with van der Waals surface area (Å²) in [7, 11) is 0. The van der Waals surface area contributed by atoms with Crippen LogP contribution >= 0.6 is 12.2 Å². The second-order valence-corrected chi connectivity index (χ2v) is 5.19. The van der Waals surface area contributed by atoms with Gasteiger partial charge in [-0.15, -0.1) is 0 Å². The van der Waals surface area contributed by atoms with E-state index in [1.807, 2.05) is 0 Å². The molecule has 2 aromatic heterocycles. The quantitative estimate of drug-likeness (QED) is 0.822. The molecule has 108 valence electrons. The number of halogens is 3. The zero-order valence-electron chi connectivity index (χ0n) is 10.4. The van der Waals surface area contributed by atoms with Crippen LogP contribution in [0.2, 0.25) is 0 Å². The Morgan fingerprint density at radius 3 is 2.65 bits per heavy atom. The van der Waals surface area contributed by atoms with Crippen molar-refractivity contribution in [1.82, 2.24) is 14.6 Å². The van der Waals surface area contributed by atoms with Gasteiger partial charge in [0, 0.05) is 37.0 Å². The number of aromatic amines is 1. The van der Waals surface area contributed by atoms with E-state index >= 15 is 0 Å². The van der Waals surface area contributed by atoms with Crippen LogP contribution in [0.4, 0.5) is 13.2 Å². The minimum atomic E-state index is -4.49. The Labute approximate surface area is 117 Å². The Kier molecular flexibility index (Phi) is 3.29. The van der Waals surface area contributed by atoms with Crippen LogP contribution in [0, 0.1) is 4.64 Å². The van der Waals surface area contributed by atoms with Crippen molar-refractivity contribution in [2.45, 2.75) is 24.9 Å². The molecular formula is C12H12F3N3OS. The van der Waals surface area contributed by atoms with Gasteiger partial charge in [-0.2, -0.15) is 13.2 Å². The fourth-order valence-electron chi connectivity index (χ4n) is 2.37. The third-order valence-corrected chi connectivity index (χ3v) is 3.72. The summed E-state index contributed by atoms with van der Waals surface area (Å²) < 4.78 is 44.9. The first kappa shape index (κ1) is 13.6. The van der Waals surface area contributed by atoms with E-state index < -0.39 is 11.9 Å². The summed E-state index contributed by atoms with van der Waals surface area (Å²) in [6.07, 6.45) is -2.81. The molecule has 0 atom stereocenters. The molecule has 0 saturated carbocycles. The van der Waals surface area contributed by atoms with Crippen LogP contribution < -0.4 is 0 Å². The van der Waals surface area contributed by atoms with Crippen LogP contribution in [0.3, 0.4) is 0 Å². The van der Waals surface area contributed by atoms with Crippen LogP contribution in [0.5, 0.6) is 0 Å². The van der Waals surface area contributed by atoms with Gasteiger partial charge < -0.3 is 4.74 Å². The highest BCUT2D eigenvalue weighted by Crippen LogP contribution is 2.30. The van der Waals surface area contributed by atoms with E-state index in [-0.39, 0.29) is 16.2 Å². The number of hydrogen-bond acceptors (Lipinski definition) is 3. The standard InChI is InChI=1S/C12H12F3N3OS/c13-12(14,15)9-6-11(20)18-10(16-9)5-8(17-18)7-1-3-19-4-2-7/h5-7,17H,1-4H2. The minimum Gasteiger partial charge on any atom is -0.381 e. The van der Waals surface area contributed by atoms with Gasteiger partial charge in [0.1, 0.15) is 10.3 Å². The third kappa shape index (κ3) is 2.45. The van der Waals surface area contributed by atoms with Crippen molar-refractivity contribution in [1.29, 1.82) is 0 Å². The van der Waals surface area contributed by atoms with Crippen molar-refractivity contribution in [3.05, 3.63) is 28.2 Å². The maximum absolute atomic E-state index is 12.7. The highest BCUT2D eigenvalue weighted by Gasteiger charge is 2.33. The largest absolute Gasteiger partial charge is 0.433 e. The summed E-state index contributed by atoms with van der Waals surface area (Å²) in [6, 6.07) is 2.51. The van der Waals surface area contributed by atoms with Crippen molar-refractivity contribution in [2.24, 2.45) is 0 Å². The van der Waals surface area contributed by atoms with Crippen molar-refractivity contribution in [2.75, 3.05) is 13.2 Å². The molecule has 0 bridgehead atoms.